The summed E-state index contributed by atoms with van der Waals surface area (Å²) in [5, 5.41) is 12.2. The summed E-state index contributed by atoms with van der Waals surface area (Å²) in [4.78, 5) is 3.95. The molecule has 18 heavy (non-hydrogen) atoms. The number of rotatable bonds is 2. The molecule has 1 heterocycles. The van der Waals surface area contributed by atoms with Gasteiger partial charge in [-0.1, -0.05) is 15.9 Å². The largest absolute Gasteiger partial charge is 0.355 e. The van der Waals surface area contributed by atoms with Gasteiger partial charge in [0.05, 0.1) is 0 Å². The van der Waals surface area contributed by atoms with Gasteiger partial charge in [0.2, 0.25) is 0 Å². The van der Waals surface area contributed by atoms with Crippen molar-refractivity contribution >= 4 is 27.3 Å². The highest BCUT2D eigenvalue weighted by Gasteiger charge is 2.05. The zero-order chi connectivity index (χ0) is 13.1. The Morgan fingerprint density at radius 3 is 2.50 bits per heavy atom. The molecular weight excluding hydrogens is 290 g/mol. The number of benzene rings is 1. The molecule has 0 unspecified atom stereocenters. The highest BCUT2D eigenvalue weighted by molar-refractivity contribution is 9.10. The minimum absolute atomic E-state index is 0.410. The Balaban J connectivity index is 2.37. The fourth-order valence-electron chi connectivity index (χ4n) is 1.82. The van der Waals surface area contributed by atoms with E-state index in [0.29, 0.717) is 5.69 Å². The van der Waals surface area contributed by atoms with Gasteiger partial charge in [-0.15, -0.1) is 0 Å². The van der Waals surface area contributed by atoms with E-state index < -0.39 is 0 Å². The van der Waals surface area contributed by atoms with Gasteiger partial charge in [-0.05, 0) is 49.2 Å². The Morgan fingerprint density at radius 1 is 1.22 bits per heavy atom. The van der Waals surface area contributed by atoms with Crippen LogP contribution in [0.4, 0.5) is 11.4 Å². The first-order valence-electron chi connectivity index (χ1n) is 5.50. The second kappa shape index (κ2) is 5.19. The molecule has 1 aromatic carbocycles. The standard InChI is InChI=1S/C14H12BrN3/c1-9-5-11(15)6-10(2)14(9)18-12-3-4-17-13(7-12)8-16/h3-7H,1-2H3,(H,17,18). The molecule has 3 nitrogen and oxygen atoms in total. The number of pyridine rings is 1. The van der Waals surface area contributed by atoms with E-state index >= 15 is 0 Å². The van der Waals surface area contributed by atoms with Crippen molar-refractivity contribution in [2.24, 2.45) is 0 Å². The second-order valence-electron chi connectivity index (χ2n) is 4.08. The summed E-state index contributed by atoms with van der Waals surface area (Å²) in [5.41, 5.74) is 4.64. The molecule has 0 aliphatic heterocycles. The summed E-state index contributed by atoms with van der Waals surface area (Å²) in [7, 11) is 0. The summed E-state index contributed by atoms with van der Waals surface area (Å²) in [6.07, 6.45) is 1.63. The van der Waals surface area contributed by atoms with E-state index in [-0.39, 0.29) is 0 Å². The first-order valence-corrected chi connectivity index (χ1v) is 6.29. The van der Waals surface area contributed by atoms with Crippen molar-refractivity contribution in [1.29, 1.82) is 5.26 Å². The summed E-state index contributed by atoms with van der Waals surface area (Å²) < 4.78 is 1.07. The molecule has 0 saturated heterocycles. The van der Waals surface area contributed by atoms with E-state index in [1.165, 1.54) is 0 Å². The highest BCUT2D eigenvalue weighted by Crippen LogP contribution is 2.28. The first kappa shape index (κ1) is 12.6. The van der Waals surface area contributed by atoms with Crippen molar-refractivity contribution in [3.63, 3.8) is 0 Å². The quantitative estimate of drug-likeness (QED) is 0.909. The van der Waals surface area contributed by atoms with Crippen LogP contribution in [-0.4, -0.2) is 4.98 Å². The van der Waals surface area contributed by atoms with Crippen LogP contribution in [0.5, 0.6) is 0 Å². The Morgan fingerprint density at radius 2 is 1.89 bits per heavy atom. The molecule has 0 amide bonds. The third-order valence-electron chi connectivity index (χ3n) is 2.64. The Bertz CT molecular complexity index is 606. The van der Waals surface area contributed by atoms with Gasteiger partial charge in [0.1, 0.15) is 11.8 Å². The normalized spacial score (nSPS) is 9.89. The van der Waals surface area contributed by atoms with Gasteiger partial charge in [-0.3, -0.25) is 0 Å². The van der Waals surface area contributed by atoms with Gasteiger partial charge in [0.25, 0.3) is 0 Å². The van der Waals surface area contributed by atoms with Gasteiger partial charge < -0.3 is 5.32 Å². The molecular formula is C14H12BrN3. The molecule has 4 heteroatoms. The lowest BCUT2D eigenvalue weighted by molar-refractivity contribution is 1.26. The number of nitrogens with zero attached hydrogens (tertiary/aromatic N) is 2. The molecule has 0 bridgehead atoms. The van der Waals surface area contributed by atoms with Crippen LogP contribution in [-0.2, 0) is 0 Å². The predicted molar refractivity (Wildman–Crippen MR) is 75.9 cm³/mol. The minimum Gasteiger partial charge on any atom is -0.355 e. The fraction of sp³-hybridized carbons (Fsp3) is 0.143. The Kier molecular flexibility index (Phi) is 3.63. The molecule has 0 radical (unpaired) electrons. The van der Waals surface area contributed by atoms with E-state index in [2.05, 4.69) is 38.4 Å². The van der Waals surface area contributed by atoms with Crippen LogP contribution in [0.1, 0.15) is 16.8 Å². The number of nitrogens with one attached hydrogen (secondary N) is 1. The molecule has 0 spiro atoms. The van der Waals surface area contributed by atoms with Crippen molar-refractivity contribution in [3.8, 4) is 6.07 Å². The first-order chi connectivity index (χ1) is 8.60. The van der Waals surface area contributed by atoms with Crippen LogP contribution in [0.3, 0.4) is 0 Å². The fourth-order valence-corrected chi connectivity index (χ4v) is 2.51. The van der Waals surface area contributed by atoms with E-state index in [1.807, 2.05) is 26.0 Å². The number of hydrogen-bond donors (Lipinski definition) is 1. The minimum atomic E-state index is 0.410. The maximum atomic E-state index is 8.83. The third-order valence-corrected chi connectivity index (χ3v) is 3.10. The number of anilines is 2. The second-order valence-corrected chi connectivity index (χ2v) is 5.00. The molecule has 0 saturated carbocycles. The zero-order valence-corrected chi connectivity index (χ0v) is 11.7. The SMILES string of the molecule is Cc1cc(Br)cc(C)c1Nc1ccnc(C#N)c1. The van der Waals surface area contributed by atoms with Crippen molar-refractivity contribution < 1.29 is 0 Å². The van der Waals surface area contributed by atoms with Crippen LogP contribution in [0, 0.1) is 25.2 Å². The van der Waals surface area contributed by atoms with Gasteiger partial charge in [-0.2, -0.15) is 5.26 Å². The predicted octanol–water partition coefficient (Wildman–Crippen LogP) is 4.08. The Labute approximate surface area is 115 Å². The molecule has 0 fully saturated rings. The average Bonchev–Trinajstić information content (AvgIpc) is 2.34. The highest BCUT2D eigenvalue weighted by atomic mass is 79.9. The Hall–Kier alpha value is -1.86. The molecule has 90 valence electrons. The lowest BCUT2D eigenvalue weighted by atomic mass is 10.1. The van der Waals surface area contributed by atoms with Crippen LogP contribution in [0.25, 0.3) is 0 Å². The van der Waals surface area contributed by atoms with E-state index in [0.717, 1.165) is 27.0 Å². The molecule has 2 rings (SSSR count). The number of aryl methyl sites for hydroxylation is 2. The summed E-state index contributed by atoms with van der Waals surface area (Å²) in [5.74, 6) is 0. The molecule has 0 atom stereocenters. The lowest BCUT2D eigenvalue weighted by Crippen LogP contribution is -1.97. The molecule has 0 aliphatic carbocycles. The van der Waals surface area contributed by atoms with Crippen molar-refractivity contribution in [3.05, 3.63) is 51.8 Å². The van der Waals surface area contributed by atoms with Gasteiger partial charge in [0, 0.05) is 22.0 Å². The summed E-state index contributed by atoms with van der Waals surface area (Å²) >= 11 is 3.47. The smallest absolute Gasteiger partial charge is 0.142 e. The van der Waals surface area contributed by atoms with Crippen LogP contribution in [0.15, 0.2) is 34.9 Å². The number of halogens is 1. The molecule has 2 aromatic rings. The van der Waals surface area contributed by atoms with Crippen molar-refractivity contribution in [1.82, 2.24) is 4.98 Å². The van der Waals surface area contributed by atoms with Gasteiger partial charge >= 0.3 is 0 Å². The van der Waals surface area contributed by atoms with E-state index in [9.17, 15) is 0 Å². The van der Waals surface area contributed by atoms with Crippen molar-refractivity contribution in [2.75, 3.05) is 5.32 Å². The molecule has 0 aliphatic rings. The topological polar surface area (TPSA) is 48.7 Å². The third kappa shape index (κ3) is 2.69. The number of hydrogen-bond acceptors (Lipinski definition) is 3. The number of aromatic nitrogens is 1. The van der Waals surface area contributed by atoms with E-state index in [1.54, 1.807) is 12.3 Å². The van der Waals surface area contributed by atoms with Crippen molar-refractivity contribution in [2.45, 2.75) is 13.8 Å². The average molecular weight is 302 g/mol. The molecule has 1 N–H and O–H groups in total. The zero-order valence-electron chi connectivity index (χ0n) is 10.2. The summed E-state index contributed by atoms with van der Waals surface area (Å²) in [6, 6.07) is 9.73. The van der Waals surface area contributed by atoms with Crippen LogP contribution in [0.2, 0.25) is 0 Å². The maximum Gasteiger partial charge on any atom is 0.142 e. The lowest BCUT2D eigenvalue weighted by Gasteiger charge is -2.13. The van der Waals surface area contributed by atoms with Crippen LogP contribution >= 0.6 is 15.9 Å². The molecule has 1 aromatic heterocycles. The summed E-state index contributed by atoms with van der Waals surface area (Å²) in [6.45, 7) is 4.10. The monoisotopic (exact) mass is 301 g/mol. The van der Waals surface area contributed by atoms with Gasteiger partial charge in [-0.25, -0.2) is 4.98 Å². The number of nitriles is 1. The van der Waals surface area contributed by atoms with Gasteiger partial charge in [0.15, 0.2) is 0 Å². The van der Waals surface area contributed by atoms with Crippen LogP contribution < -0.4 is 5.32 Å². The van der Waals surface area contributed by atoms with E-state index in [4.69, 9.17) is 5.26 Å². The maximum absolute atomic E-state index is 8.83.